The molecule has 2 aromatic rings. The van der Waals surface area contributed by atoms with E-state index >= 15 is 0 Å². The second kappa shape index (κ2) is 7.43. The molecule has 0 fully saturated rings. The third-order valence-corrected chi connectivity index (χ3v) is 3.43. The zero-order chi connectivity index (χ0) is 15.2. The molecule has 0 amide bonds. The Labute approximate surface area is 129 Å². The number of para-hydroxylation sites is 1. The molecule has 0 saturated carbocycles. The predicted molar refractivity (Wildman–Crippen MR) is 84.2 cm³/mol. The summed E-state index contributed by atoms with van der Waals surface area (Å²) in [4.78, 5) is 0. The van der Waals surface area contributed by atoms with Gasteiger partial charge in [-0.2, -0.15) is 0 Å². The first-order valence-electron chi connectivity index (χ1n) is 6.94. The van der Waals surface area contributed by atoms with Gasteiger partial charge in [-0.15, -0.1) is 0 Å². The molecule has 112 valence electrons. The summed E-state index contributed by atoms with van der Waals surface area (Å²) in [6.07, 6.45) is 0. The Morgan fingerprint density at radius 1 is 1.14 bits per heavy atom. The van der Waals surface area contributed by atoms with Crippen LogP contribution in [0.25, 0.3) is 0 Å². The molecule has 0 aliphatic carbocycles. The largest absolute Gasteiger partial charge is 0.489 e. The molecular formula is C17H19ClFNO. The van der Waals surface area contributed by atoms with Gasteiger partial charge < -0.3 is 10.1 Å². The van der Waals surface area contributed by atoms with Gasteiger partial charge in [-0.05, 0) is 24.3 Å². The lowest BCUT2D eigenvalue weighted by Gasteiger charge is -2.14. The molecule has 0 heterocycles. The summed E-state index contributed by atoms with van der Waals surface area (Å²) in [5.41, 5.74) is 1.71. The minimum Gasteiger partial charge on any atom is -0.489 e. The number of benzene rings is 2. The highest BCUT2D eigenvalue weighted by Gasteiger charge is 2.07. The van der Waals surface area contributed by atoms with Crippen molar-refractivity contribution >= 4 is 11.6 Å². The first-order chi connectivity index (χ1) is 10.1. The highest BCUT2D eigenvalue weighted by Crippen LogP contribution is 2.22. The molecule has 0 unspecified atom stereocenters. The van der Waals surface area contributed by atoms with E-state index in [4.69, 9.17) is 16.3 Å². The van der Waals surface area contributed by atoms with Crippen LogP contribution >= 0.6 is 11.6 Å². The Bertz CT molecular complexity index is 601. The van der Waals surface area contributed by atoms with Crippen LogP contribution in [0.1, 0.15) is 25.0 Å². The summed E-state index contributed by atoms with van der Waals surface area (Å²) in [6.45, 7) is 5.16. The molecule has 0 aliphatic rings. The molecule has 21 heavy (non-hydrogen) atoms. The van der Waals surface area contributed by atoms with Crippen LogP contribution in [0.3, 0.4) is 0 Å². The summed E-state index contributed by atoms with van der Waals surface area (Å²) in [5.74, 6) is 0.471. The van der Waals surface area contributed by atoms with Crippen molar-refractivity contribution in [3.63, 3.8) is 0 Å². The van der Waals surface area contributed by atoms with Crippen LogP contribution < -0.4 is 10.1 Å². The van der Waals surface area contributed by atoms with Gasteiger partial charge in [-0.25, -0.2) is 4.39 Å². The van der Waals surface area contributed by atoms with Gasteiger partial charge in [0.1, 0.15) is 18.2 Å². The average molecular weight is 308 g/mol. The molecule has 0 aromatic heterocycles. The van der Waals surface area contributed by atoms with Crippen LogP contribution in [-0.4, -0.2) is 6.04 Å². The molecular weight excluding hydrogens is 289 g/mol. The number of ether oxygens (including phenoxy) is 1. The monoisotopic (exact) mass is 307 g/mol. The maximum absolute atomic E-state index is 13.2. The van der Waals surface area contributed by atoms with E-state index in [1.165, 1.54) is 12.1 Å². The second-order valence-corrected chi connectivity index (χ2v) is 5.57. The Balaban J connectivity index is 2.07. The number of nitrogens with one attached hydrogen (secondary N) is 1. The zero-order valence-corrected chi connectivity index (χ0v) is 13.0. The average Bonchev–Trinajstić information content (AvgIpc) is 2.47. The third kappa shape index (κ3) is 4.73. The lowest BCUT2D eigenvalue weighted by Crippen LogP contribution is -2.22. The van der Waals surface area contributed by atoms with Crippen LogP contribution in [0.4, 0.5) is 4.39 Å². The first kappa shape index (κ1) is 15.8. The lowest BCUT2D eigenvalue weighted by molar-refractivity contribution is 0.301. The van der Waals surface area contributed by atoms with Gasteiger partial charge in [0.15, 0.2) is 0 Å². The van der Waals surface area contributed by atoms with Crippen LogP contribution in [-0.2, 0) is 13.2 Å². The van der Waals surface area contributed by atoms with Crippen LogP contribution in [0, 0.1) is 5.82 Å². The molecule has 0 bridgehead atoms. The minimum absolute atomic E-state index is 0.245. The molecule has 2 nitrogen and oxygen atoms in total. The molecule has 0 atom stereocenters. The molecule has 0 aliphatic heterocycles. The van der Waals surface area contributed by atoms with Crippen molar-refractivity contribution in [1.82, 2.24) is 5.32 Å². The van der Waals surface area contributed by atoms with Gasteiger partial charge in [-0.1, -0.05) is 43.6 Å². The molecule has 2 rings (SSSR count). The molecule has 4 heteroatoms. The highest BCUT2D eigenvalue weighted by molar-refractivity contribution is 6.31. The summed E-state index contributed by atoms with van der Waals surface area (Å²) in [7, 11) is 0. The van der Waals surface area contributed by atoms with Crippen LogP contribution in [0.2, 0.25) is 5.02 Å². The fourth-order valence-corrected chi connectivity index (χ4v) is 2.09. The van der Waals surface area contributed by atoms with Gasteiger partial charge >= 0.3 is 0 Å². The molecule has 0 saturated heterocycles. The van der Waals surface area contributed by atoms with E-state index < -0.39 is 0 Å². The van der Waals surface area contributed by atoms with Crippen molar-refractivity contribution in [3.8, 4) is 5.75 Å². The quantitative estimate of drug-likeness (QED) is 0.845. The van der Waals surface area contributed by atoms with E-state index in [2.05, 4.69) is 19.2 Å². The van der Waals surface area contributed by atoms with Crippen molar-refractivity contribution < 1.29 is 9.13 Å². The van der Waals surface area contributed by atoms with Crippen molar-refractivity contribution in [1.29, 1.82) is 0 Å². The zero-order valence-electron chi connectivity index (χ0n) is 12.2. The maximum atomic E-state index is 13.2. The van der Waals surface area contributed by atoms with E-state index in [0.29, 0.717) is 16.6 Å². The fraction of sp³-hybridized carbons (Fsp3) is 0.294. The summed E-state index contributed by atoms with van der Waals surface area (Å²) < 4.78 is 19.0. The summed E-state index contributed by atoms with van der Waals surface area (Å²) in [5, 5.41) is 3.86. The summed E-state index contributed by atoms with van der Waals surface area (Å²) >= 11 is 6.05. The van der Waals surface area contributed by atoms with E-state index in [1.807, 2.05) is 24.3 Å². The number of rotatable bonds is 6. The Hall–Kier alpha value is -1.58. The lowest BCUT2D eigenvalue weighted by atomic mass is 10.2. The summed E-state index contributed by atoms with van der Waals surface area (Å²) in [6, 6.07) is 12.5. The molecule has 0 radical (unpaired) electrons. The second-order valence-electron chi connectivity index (χ2n) is 5.17. The molecule has 0 spiro atoms. The van der Waals surface area contributed by atoms with Gasteiger partial charge in [0.05, 0.1) is 0 Å². The van der Waals surface area contributed by atoms with Gasteiger partial charge in [0.2, 0.25) is 0 Å². The maximum Gasteiger partial charge on any atom is 0.124 e. The number of hydrogen-bond acceptors (Lipinski definition) is 2. The van der Waals surface area contributed by atoms with Crippen molar-refractivity contribution in [2.45, 2.75) is 33.0 Å². The predicted octanol–water partition coefficient (Wildman–Crippen LogP) is 4.56. The van der Waals surface area contributed by atoms with Crippen molar-refractivity contribution in [2.24, 2.45) is 0 Å². The van der Waals surface area contributed by atoms with Crippen molar-refractivity contribution in [3.05, 3.63) is 64.4 Å². The molecule has 2 aromatic carbocycles. The topological polar surface area (TPSA) is 21.3 Å². The Morgan fingerprint density at radius 3 is 2.67 bits per heavy atom. The van der Waals surface area contributed by atoms with E-state index in [0.717, 1.165) is 17.9 Å². The van der Waals surface area contributed by atoms with Crippen LogP contribution in [0.15, 0.2) is 42.5 Å². The fourth-order valence-electron chi connectivity index (χ4n) is 1.91. The van der Waals surface area contributed by atoms with E-state index in [9.17, 15) is 4.39 Å². The first-order valence-corrected chi connectivity index (χ1v) is 7.32. The third-order valence-electron chi connectivity index (χ3n) is 3.06. The highest BCUT2D eigenvalue weighted by atomic mass is 35.5. The van der Waals surface area contributed by atoms with E-state index in [-0.39, 0.29) is 12.4 Å². The smallest absolute Gasteiger partial charge is 0.124 e. The van der Waals surface area contributed by atoms with Crippen molar-refractivity contribution in [2.75, 3.05) is 0 Å². The SMILES string of the molecule is CC(C)NCc1ccccc1OCc1cc(F)ccc1Cl. The minimum atomic E-state index is -0.312. The molecule has 1 N–H and O–H groups in total. The number of hydrogen-bond donors (Lipinski definition) is 1. The standard InChI is InChI=1S/C17H19ClFNO/c1-12(2)20-10-13-5-3-4-6-17(13)21-11-14-9-15(19)7-8-16(14)18/h3-9,12,20H,10-11H2,1-2H3. The Morgan fingerprint density at radius 2 is 1.90 bits per heavy atom. The normalized spacial score (nSPS) is 10.9. The van der Waals surface area contributed by atoms with Gasteiger partial charge in [0, 0.05) is 28.7 Å². The van der Waals surface area contributed by atoms with Crippen LogP contribution in [0.5, 0.6) is 5.75 Å². The van der Waals surface area contributed by atoms with Gasteiger partial charge in [-0.3, -0.25) is 0 Å². The van der Waals surface area contributed by atoms with Gasteiger partial charge in [0.25, 0.3) is 0 Å². The Kier molecular flexibility index (Phi) is 5.59. The van der Waals surface area contributed by atoms with E-state index in [1.54, 1.807) is 6.07 Å². The number of halogens is 2.